The minimum Gasteiger partial charge on any atom is -0.268 e. The summed E-state index contributed by atoms with van der Waals surface area (Å²) in [6, 6.07) is 6.99. The molecule has 2 aromatic carbocycles. The van der Waals surface area contributed by atoms with E-state index in [1.807, 2.05) is 22.9 Å². The van der Waals surface area contributed by atoms with Gasteiger partial charge in [0.25, 0.3) is 0 Å². The molecule has 4 nitrogen and oxygen atoms in total. The third kappa shape index (κ3) is 2.50. The molecule has 0 N–H and O–H groups in total. The Morgan fingerprint density at radius 2 is 1.63 bits per heavy atom. The standard InChI is InChI=1S/C20H13F3N4/c21-13-10-15(23)14(22)9-12(13)20-19(18-2-1-7-27(18)26-20)11-3-4-16-17(8-11)25-6-5-24-16/h3-6,8-10H,1-2,7H2. The molecule has 0 aliphatic carbocycles. The van der Waals surface area contributed by atoms with Crippen molar-refractivity contribution in [3.05, 3.63) is 65.9 Å². The Balaban J connectivity index is 1.78. The number of benzene rings is 2. The Bertz CT molecular complexity index is 1200. The van der Waals surface area contributed by atoms with Crippen LogP contribution >= 0.6 is 0 Å². The predicted molar refractivity (Wildman–Crippen MR) is 94.4 cm³/mol. The van der Waals surface area contributed by atoms with Gasteiger partial charge in [-0.1, -0.05) is 6.07 Å². The summed E-state index contributed by atoms with van der Waals surface area (Å²) in [4.78, 5) is 8.58. The molecule has 0 fully saturated rings. The Labute approximate surface area is 152 Å². The van der Waals surface area contributed by atoms with Crippen LogP contribution in [0, 0.1) is 17.5 Å². The summed E-state index contributed by atoms with van der Waals surface area (Å²) in [6.45, 7) is 0.709. The van der Waals surface area contributed by atoms with E-state index in [0.717, 1.165) is 41.2 Å². The normalized spacial score (nSPS) is 13.3. The van der Waals surface area contributed by atoms with E-state index < -0.39 is 17.5 Å². The van der Waals surface area contributed by atoms with Crippen LogP contribution in [0.1, 0.15) is 12.1 Å². The molecule has 0 unspecified atom stereocenters. The van der Waals surface area contributed by atoms with Crippen LogP contribution in [0.2, 0.25) is 0 Å². The van der Waals surface area contributed by atoms with E-state index in [1.165, 1.54) is 0 Å². The van der Waals surface area contributed by atoms with Crippen LogP contribution in [0.4, 0.5) is 13.2 Å². The number of halogens is 3. The van der Waals surface area contributed by atoms with Gasteiger partial charge < -0.3 is 0 Å². The zero-order valence-electron chi connectivity index (χ0n) is 14.1. The lowest BCUT2D eigenvalue weighted by atomic mass is 9.97. The summed E-state index contributed by atoms with van der Waals surface area (Å²) in [5.74, 6) is -3.16. The first kappa shape index (κ1) is 16.0. The molecule has 0 bridgehead atoms. The Kier molecular flexibility index (Phi) is 3.50. The van der Waals surface area contributed by atoms with E-state index in [0.29, 0.717) is 23.8 Å². The van der Waals surface area contributed by atoms with Crippen LogP contribution in [-0.4, -0.2) is 19.7 Å². The average molecular weight is 366 g/mol. The third-order valence-electron chi connectivity index (χ3n) is 4.86. The van der Waals surface area contributed by atoms with Crippen molar-refractivity contribution in [2.75, 3.05) is 0 Å². The van der Waals surface area contributed by atoms with E-state index in [-0.39, 0.29) is 5.56 Å². The van der Waals surface area contributed by atoms with Gasteiger partial charge in [0.15, 0.2) is 11.6 Å². The van der Waals surface area contributed by atoms with Crippen molar-refractivity contribution < 1.29 is 13.2 Å². The molecule has 1 aliphatic heterocycles. The maximum Gasteiger partial charge on any atom is 0.161 e. The summed E-state index contributed by atoms with van der Waals surface area (Å²) in [5.41, 5.74) is 4.18. The molecule has 4 aromatic rings. The van der Waals surface area contributed by atoms with E-state index >= 15 is 0 Å². The zero-order valence-corrected chi connectivity index (χ0v) is 14.1. The van der Waals surface area contributed by atoms with Crippen molar-refractivity contribution in [1.82, 2.24) is 19.7 Å². The van der Waals surface area contributed by atoms with Crippen LogP contribution < -0.4 is 0 Å². The van der Waals surface area contributed by atoms with E-state index in [1.54, 1.807) is 12.4 Å². The van der Waals surface area contributed by atoms with Crippen molar-refractivity contribution in [2.45, 2.75) is 19.4 Å². The summed E-state index contributed by atoms with van der Waals surface area (Å²) >= 11 is 0. The topological polar surface area (TPSA) is 43.6 Å². The number of hydrogen-bond donors (Lipinski definition) is 0. The van der Waals surface area contributed by atoms with Gasteiger partial charge in [0, 0.05) is 41.8 Å². The van der Waals surface area contributed by atoms with Crippen LogP contribution in [0.15, 0.2) is 42.7 Å². The number of fused-ring (bicyclic) bond motifs is 2. The maximum absolute atomic E-state index is 14.4. The third-order valence-corrected chi connectivity index (χ3v) is 4.86. The van der Waals surface area contributed by atoms with Crippen LogP contribution in [0.5, 0.6) is 0 Å². The SMILES string of the molecule is Fc1cc(F)c(-c2nn3c(c2-c2ccc4nccnc4c2)CCC3)cc1F. The van der Waals surface area contributed by atoms with Gasteiger partial charge in [-0.3, -0.25) is 14.6 Å². The number of aryl methyl sites for hydroxylation is 1. The Hall–Kier alpha value is -3.22. The first-order valence-electron chi connectivity index (χ1n) is 8.57. The molecule has 3 heterocycles. The molecule has 134 valence electrons. The Morgan fingerprint density at radius 3 is 2.48 bits per heavy atom. The fraction of sp³-hybridized carbons (Fsp3) is 0.150. The molecule has 1 aliphatic rings. The first-order valence-corrected chi connectivity index (χ1v) is 8.57. The molecule has 0 amide bonds. The second-order valence-electron chi connectivity index (χ2n) is 6.50. The molecular weight excluding hydrogens is 353 g/mol. The largest absolute Gasteiger partial charge is 0.268 e. The molecule has 0 spiro atoms. The van der Waals surface area contributed by atoms with Crippen molar-refractivity contribution in [3.63, 3.8) is 0 Å². The van der Waals surface area contributed by atoms with Crippen molar-refractivity contribution in [2.24, 2.45) is 0 Å². The lowest BCUT2D eigenvalue weighted by Gasteiger charge is -2.08. The average Bonchev–Trinajstić information content (AvgIpc) is 3.25. The molecule has 0 saturated carbocycles. The number of hydrogen-bond acceptors (Lipinski definition) is 3. The van der Waals surface area contributed by atoms with Gasteiger partial charge >= 0.3 is 0 Å². The highest BCUT2D eigenvalue weighted by atomic mass is 19.2. The molecule has 5 rings (SSSR count). The quantitative estimate of drug-likeness (QED) is 0.490. The van der Waals surface area contributed by atoms with Gasteiger partial charge in [-0.2, -0.15) is 5.10 Å². The highest BCUT2D eigenvalue weighted by molar-refractivity contribution is 5.88. The van der Waals surface area contributed by atoms with Crippen molar-refractivity contribution in [3.8, 4) is 22.4 Å². The smallest absolute Gasteiger partial charge is 0.161 e. The lowest BCUT2D eigenvalue weighted by Crippen LogP contribution is -1.96. The van der Waals surface area contributed by atoms with Gasteiger partial charge in [-0.05, 0) is 36.6 Å². The van der Waals surface area contributed by atoms with E-state index in [4.69, 9.17) is 0 Å². The van der Waals surface area contributed by atoms with Crippen LogP contribution in [0.25, 0.3) is 33.4 Å². The molecule has 0 radical (unpaired) electrons. The molecule has 27 heavy (non-hydrogen) atoms. The summed E-state index contributed by atoms with van der Waals surface area (Å²) in [5, 5.41) is 4.50. The molecule has 0 atom stereocenters. The van der Waals surface area contributed by atoms with E-state index in [9.17, 15) is 13.2 Å². The second-order valence-corrected chi connectivity index (χ2v) is 6.50. The Morgan fingerprint density at radius 1 is 0.852 bits per heavy atom. The fourth-order valence-electron chi connectivity index (χ4n) is 3.65. The summed E-state index contributed by atoms with van der Waals surface area (Å²) in [7, 11) is 0. The molecule has 0 saturated heterocycles. The monoisotopic (exact) mass is 366 g/mol. The highest BCUT2D eigenvalue weighted by Crippen LogP contribution is 2.39. The minimum absolute atomic E-state index is 0.0509. The van der Waals surface area contributed by atoms with Crippen LogP contribution in [0.3, 0.4) is 0 Å². The van der Waals surface area contributed by atoms with Crippen molar-refractivity contribution in [1.29, 1.82) is 0 Å². The highest BCUT2D eigenvalue weighted by Gasteiger charge is 2.26. The van der Waals surface area contributed by atoms with Crippen molar-refractivity contribution >= 4 is 11.0 Å². The fourth-order valence-corrected chi connectivity index (χ4v) is 3.65. The minimum atomic E-state index is -1.22. The predicted octanol–water partition coefficient (Wildman–Crippen LogP) is 4.52. The summed E-state index contributed by atoms with van der Waals surface area (Å²) < 4.78 is 43.4. The zero-order chi connectivity index (χ0) is 18.5. The number of aromatic nitrogens is 4. The first-order chi connectivity index (χ1) is 13.1. The molecule has 7 heteroatoms. The van der Waals surface area contributed by atoms with E-state index in [2.05, 4.69) is 15.1 Å². The summed E-state index contributed by atoms with van der Waals surface area (Å²) in [6.07, 6.45) is 4.93. The maximum atomic E-state index is 14.4. The van der Waals surface area contributed by atoms with Gasteiger partial charge in [0.1, 0.15) is 11.5 Å². The van der Waals surface area contributed by atoms with Gasteiger partial charge in [-0.25, -0.2) is 13.2 Å². The second kappa shape index (κ2) is 5.90. The number of rotatable bonds is 2. The van der Waals surface area contributed by atoms with Gasteiger partial charge in [-0.15, -0.1) is 0 Å². The van der Waals surface area contributed by atoms with Gasteiger partial charge in [0.2, 0.25) is 0 Å². The molecular formula is C20H13F3N4. The lowest BCUT2D eigenvalue weighted by molar-refractivity contribution is 0.496. The molecule has 2 aromatic heterocycles. The van der Waals surface area contributed by atoms with Gasteiger partial charge in [0.05, 0.1) is 11.0 Å². The number of nitrogens with zero attached hydrogens (tertiary/aromatic N) is 4. The van der Waals surface area contributed by atoms with Crippen LogP contribution in [-0.2, 0) is 13.0 Å².